The van der Waals surface area contributed by atoms with Gasteiger partial charge in [0, 0.05) is 10.0 Å². The van der Waals surface area contributed by atoms with Gasteiger partial charge in [0.05, 0.1) is 10.9 Å². The summed E-state index contributed by atoms with van der Waals surface area (Å²) < 4.78 is 0. The molecule has 3 nitrogen and oxygen atoms in total. The summed E-state index contributed by atoms with van der Waals surface area (Å²) in [5.41, 5.74) is 1.48. The van der Waals surface area contributed by atoms with E-state index in [1.807, 2.05) is 12.1 Å². The maximum atomic E-state index is 12.5. The SMILES string of the molecule is O=C1S[C@@H](Cc2ccc(Cl)cc2)C(=O)N1c1cccc(Cl)c1. The van der Waals surface area contributed by atoms with E-state index in [4.69, 9.17) is 23.2 Å². The van der Waals surface area contributed by atoms with Crippen molar-refractivity contribution in [2.75, 3.05) is 4.90 Å². The predicted octanol–water partition coefficient (Wildman–Crippen LogP) is 4.80. The number of imide groups is 1. The van der Waals surface area contributed by atoms with E-state index in [-0.39, 0.29) is 11.1 Å². The molecule has 112 valence electrons. The van der Waals surface area contributed by atoms with E-state index in [1.165, 1.54) is 4.90 Å². The van der Waals surface area contributed by atoms with Crippen LogP contribution in [0, 0.1) is 0 Å². The molecule has 0 unspecified atom stereocenters. The highest BCUT2D eigenvalue weighted by Crippen LogP contribution is 2.34. The summed E-state index contributed by atoms with van der Waals surface area (Å²) in [5, 5.41) is 0.439. The highest BCUT2D eigenvalue weighted by atomic mass is 35.5. The first kappa shape index (κ1) is 15.4. The monoisotopic (exact) mass is 351 g/mol. The van der Waals surface area contributed by atoms with Gasteiger partial charge in [-0.2, -0.15) is 0 Å². The molecular formula is C16H11Cl2NO2S. The third-order valence-corrected chi connectivity index (χ3v) is 4.85. The summed E-state index contributed by atoms with van der Waals surface area (Å²) in [4.78, 5) is 25.9. The molecule has 1 heterocycles. The molecule has 1 saturated heterocycles. The number of hydrogen-bond donors (Lipinski definition) is 0. The molecule has 2 aromatic rings. The molecular weight excluding hydrogens is 341 g/mol. The average Bonchev–Trinajstić information content (AvgIpc) is 2.76. The third-order valence-electron chi connectivity index (χ3n) is 3.32. The number of amides is 2. The van der Waals surface area contributed by atoms with E-state index < -0.39 is 5.25 Å². The van der Waals surface area contributed by atoms with E-state index in [0.717, 1.165) is 17.3 Å². The minimum atomic E-state index is -0.423. The Balaban J connectivity index is 1.81. The smallest absolute Gasteiger partial charge is 0.273 e. The van der Waals surface area contributed by atoms with Gasteiger partial charge >= 0.3 is 0 Å². The molecule has 0 aromatic heterocycles. The van der Waals surface area contributed by atoms with Gasteiger partial charge in [0.2, 0.25) is 5.91 Å². The number of halogens is 2. The van der Waals surface area contributed by atoms with Crippen LogP contribution in [0.15, 0.2) is 48.5 Å². The summed E-state index contributed by atoms with van der Waals surface area (Å²) in [6.07, 6.45) is 0.490. The fourth-order valence-electron chi connectivity index (χ4n) is 2.27. The lowest BCUT2D eigenvalue weighted by Crippen LogP contribution is -2.32. The lowest BCUT2D eigenvalue weighted by molar-refractivity contribution is -0.117. The van der Waals surface area contributed by atoms with Crippen LogP contribution in [0.2, 0.25) is 10.0 Å². The number of rotatable bonds is 3. The molecule has 0 bridgehead atoms. The number of anilines is 1. The van der Waals surface area contributed by atoms with Crippen LogP contribution < -0.4 is 4.90 Å². The standard InChI is InChI=1S/C16H11Cl2NO2S/c17-11-6-4-10(5-7-11)8-14-15(20)19(16(21)22-14)13-3-1-2-12(18)9-13/h1-7,9,14H,8H2/t14-/m0/s1. The minimum absolute atomic E-state index is 0.216. The molecule has 1 aliphatic rings. The average molecular weight is 352 g/mol. The second-order valence-electron chi connectivity index (χ2n) is 4.86. The summed E-state index contributed by atoms with van der Waals surface area (Å²) in [5.74, 6) is -0.216. The van der Waals surface area contributed by atoms with Crippen molar-refractivity contribution in [3.8, 4) is 0 Å². The molecule has 1 fully saturated rings. The molecule has 6 heteroatoms. The molecule has 3 rings (SSSR count). The topological polar surface area (TPSA) is 37.4 Å². The summed E-state index contributed by atoms with van der Waals surface area (Å²) >= 11 is 12.8. The lowest BCUT2D eigenvalue weighted by atomic mass is 10.1. The predicted molar refractivity (Wildman–Crippen MR) is 90.9 cm³/mol. The van der Waals surface area contributed by atoms with E-state index >= 15 is 0 Å². The van der Waals surface area contributed by atoms with Gasteiger partial charge in [-0.15, -0.1) is 0 Å². The zero-order valence-corrected chi connectivity index (χ0v) is 13.7. The second kappa shape index (κ2) is 6.32. The van der Waals surface area contributed by atoms with Gasteiger partial charge in [0.1, 0.15) is 0 Å². The van der Waals surface area contributed by atoms with E-state index in [1.54, 1.807) is 36.4 Å². The van der Waals surface area contributed by atoms with Crippen molar-refractivity contribution in [3.63, 3.8) is 0 Å². The van der Waals surface area contributed by atoms with Gasteiger partial charge in [-0.05, 0) is 42.3 Å². The maximum absolute atomic E-state index is 12.5. The molecule has 2 aromatic carbocycles. The summed E-state index contributed by atoms with van der Waals surface area (Å²) in [6.45, 7) is 0. The highest BCUT2D eigenvalue weighted by Gasteiger charge is 2.40. The van der Waals surface area contributed by atoms with E-state index in [9.17, 15) is 9.59 Å². The quantitative estimate of drug-likeness (QED) is 0.796. The van der Waals surface area contributed by atoms with Gasteiger partial charge < -0.3 is 0 Å². The fourth-order valence-corrected chi connectivity index (χ4v) is 3.61. The van der Waals surface area contributed by atoms with Crippen molar-refractivity contribution >= 4 is 51.8 Å². The molecule has 0 aliphatic carbocycles. The highest BCUT2D eigenvalue weighted by molar-refractivity contribution is 8.15. The van der Waals surface area contributed by atoms with Crippen LogP contribution in [-0.4, -0.2) is 16.4 Å². The summed E-state index contributed by atoms with van der Waals surface area (Å²) in [7, 11) is 0. The van der Waals surface area contributed by atoms with Crippen LogP contribution >= 0.6 is 35.0 Å². The van der Waals surface area contributed by atoms with Crippen LogP contribution in [0.25, 0.3) is 0 Å². The zero-order valence-electron chi connectivity index (χ0n) is 11.3. The first-order valence-corrected chi connectivity index (χ1v) is 8.23. The number of thioether (sulfide) groups is 1. The van der Waals surface area contributed by atoms with Crippen LogP contribution in [0.3, 0.4) is 0 Å². The van der Waals surface area contributed by atoms with Gasteiger partial charge in [0.15, 0.2) is 0 Å². The van der Waals surface area contributed by atoms with Crippen molar-refractivity contribution in [1.82, 2.24) is 0 Å². The molecule has 2 amide bonds. The Bertz CT molecular complexity index is 733. The van der Waals surface area contributed by atoms with Gasteiger partial charge in [-0.1, -0.05) is 53.2 Å². The van der Waals surface area contributed by atoms with Crippen LogP contribution in [0.5, 0.6) is 0 Å². The Hall–Kier alpha value is -1.49. The Morgan fingerprint density at radius 3 is 2.41 bits per heavy atom. The normalized spacial score (nSPS) is 18.1. The number of carbonyl (C=O) groups excluding carboxylic acids is 2. The molecule has 0 spiro atoms. The Kier molecular flexibility index (Phi) is 4.43. The van der Waals surface area contributed by atoms with Crippen molar-refractivity contribution < 1.29 is 9.59 Å². The molecule has 1 aliphatic heterocycles. The number of hydrogen-bond acceptors (Lipinski definition) is 3. The van der Waals surface area contributed by atoms with Crippen LogP contribution in [0.4, 0.5) is 10.5 Å². The lowest BCUT2D eigenvalue weighted by Gasteiger charge is -2.14. The van der Waals surface area contributed by atoms with E-state index in [0.29, 0.717) is 22.2 Å². The van der Waals surface area contributed by atoms with Crippen molar-refractivity contribution in [3.05, 3.63) is 64.1 Å². The van der Waals surface area contributed by atoms with Gasteiger partial charge in [0.25, 0.3) is 5.24 Å². The fraction of sp³-hybridized carbons (Fsp3) is 0.125. The Morgan fingerprint density at radius 2 is 1.73 bits per heavy atom. The van der Waals surface area contributed by atoms with E-state index in [2.05, 4.69) is 0 Å². The first-order chi connectivity index (χ1) is 10.5. The van der Waals surface area contributed by atoms with Crippen LogP contribution in [0.1, 0.15) is 5.56 Å². The molecule has 1 atom stereocenters. The molecule has 0 radical (unpaired) electrons. The largest absolute Gasteiger partial charge is 0.293 e. The van der Waals surface area contributed by atoms with Crippen molar-refractivity contribution in [2.24, 2.45) is 0 Å². The maximum Gasteiger partial charge on any atom is 0.293 e. The van der Waals surface area contributed by atoms with Gasteiger partial charge in [-0.25, -0.2) is 4.90 Å². The second-order valence-corrected chi connectivity index (χ2v) is 6.88. The number of carbonyl (C=O) groups is 2. The first-order valence-electron chi connectivity index (χ1n) is 6.59. The molecule has 0 N–H and O–H groups in total. The Labute approximate surface area is 142 Å². The van der Waals surface area contributed by atoms with Crippen molar-refractivity contribution in [2.45, 2.75) is 11.7 Å². The Morgan fingerprint density at radius 1 is 1.00 bits per heavy atom. The molecule has 0 saturated carbocycles. The zero-order chi connectivity index (χ0) is 15.7. The molecule has 22 heavy (non-hydrogen) atoms. The van der Waals surface area contributed by atoms with Crippen molar-refractivity contribution in [1.29, 1.82) is 0 Å². The van der Waals surface area contributed by atoms with Gasteiger partial charge in [-0.3, -0.25) is 9.59 Å². The third kappa shape index (κ3) is 3.14. The minimum Gasteiger partial charge on any atom is -0.273 e. The van der Waals surface area contributed by atoms with Crippen LogP contribution in [-0.2, 0) is 11.2 Å². The number of benzene rings is 2. The summed E-state index contributed by atoms with van der Waals surface area (Å²) in [6, 6.07) is 14.0. The number of nitrogens with zero attached hydrogens (tertiary/aromatic N) is 1.